The molecule has 0 spiro atoms. The number of hydrogen-bond acceptors (Lipinski definition) is 2. The summed E-state index contributed by atoms with van der Waals surface area (Å²) in [6, 6.07) is 1.33. The number of methoxy groups -OCH3 is 1. The van der Waals surface area contributed by atoms with Crippen molar-refractivity contribution in [2.75, 3.05) is 7.11 Å². The Balaban J connectivity index is 0.000000561. The van der Waals surface area contributed by atoms with E-state index in [1.807, 2.05) is 13.8 Å². The third-order valence-corrected chi connectivity index (χ3v) is 1.06. The Kier molecular flexibility index (Phi) is 5.09. The van der Waals surface area contributed by atoms with Crippen LogP contribution in [0.25, 0.3) is 0 Å². The van der Waals surface area contributed by atoms with Gasteiger partial charge in [0.05, 0.1) is 13.3 Å². The molecule has 0 aliphatic heterocycles. The lowest BCUT2D eigenvalue weighted by Gasteiger charge is -2.00. The van der Waals surface area contributed by atoms with Gasteiger partial charge in [-0.1, -0.05) is 13.8 Å². The summed E-state index contributed by atoms with van der Waals surface area (Å²) >= 11 is 0. The van der Waals surface area contributed by atoms with Crippen molar-refractivity contribution in [1.82, 2.24) is 4.98 Å². The highest BCUT2D eigenvalue weighted by atomic mass is 19.1. The van der Waals surface area contributed by atoms with Gasteiger partial charge in [0.1, 0.15) is 7.85 Å². The molecule has 0 saturated carbocycles. The highest BCUT2D eigenvalue weighted by molar-refractivity contribution is 6.30. The van der Waals surface area contributed by atoms with Crippen LogP contribution in [0.2, 0.25) is 0 Å². The van der Waals surface area contributed by atoms with Crippen molar-refractivity contribution in [3.8, 4) is 5.75 Å². The Labute approximate surface area is 73.2 Å². The molecule has 0 saturated heterocycles. The molecule has 0 unspecified atom stereocenters. The van der Waals surface area contributed by atoms with Crippen LogP contribution >= 0.6 is 0 Å². The molecule has 0 atom stereocenters. The van der Waals surface area contributed by atoms with Gasteiger partial charge in [0, 0.05) is 0 Å². The fourth-order valence-corrected chi connectivity index (χ4v) is 0.592. The van der Waals surface area contributed by atoms with Crippen LogP contribution in [0.15, 0.2) is 12.3 Å². The van der Waals surface area contributed by atoms with Crippen LogP contribution in [0.5, 0.6) is 5.75 Å². The van der Waals surface area contributed by atoms with Gasteiger partial charge in [-0.3, -0.25) is 4.98 Å². The first kappa shape index (κ1) is 10.9. The van der Waals surface area contributed by atoms with Gasteiger partial charge >= 0.3 is 0 Å². The van der Waals surface area contributed by atoms with Gasteiger partial charge < -0.3 is 4.74 Å². The van der Waals surface area contributed by atoms with Crippen LogP contribution in [0, 0.1) is 5.82 Å². The van der Waals surface area contributed by atoms with E-state index in [0.29, 0.717) is 0 Å². The standard InChI is InChI=1S/C6H5BFNO.C2H6/c1-10-5-2-6(7)9-3-4(5)8;1-2/h2-3H,1H3;1-2H3. The summed E-state index contributed by atoms with van der Waals surface area (Å²) in [6.07, 6.45) is 1.02. The number of rotatable bonds is 1. The highest BCUT2D eigenvalue weighted by Crippen LogP contribution is 2.10. The molecule has 1 heterocycles. The minimum absolute atomic E-state index is 0.118. The molecule has 0 fully saturated rings. The van der Waals surface area contributed by atoms with E-state index in [1.165, 1.54) is 13.2 Å². The van der Waals surface area contributed by atoms with Gasteiger partial charge in [-0.05, 0) is 11.7 Å². The summed E-state index contributed by atoms with van der Waals surface area (Å²) in [7, 11) is 6.62. The predicted molar refractivity (Wildman–Crippen MR) is 47.5 cm³/mol. The Morgan fingerprint density at radius 2 is 2.08 bits per heavy atom. The van der Waals surface area contributed by atoms with Crippen LogP contribution in [-0.2, 0) is 0 Å². The Hall–Kier alpha value is -1.06. The fourth-order valence-electron chi connectivity index (χ4n) is 0.592. The van der Waals surface area contributed by atoms with Crippen LogP contribution in [0.1, 0.15) is 13.8 Å². The largest absolute Gasteiger partial charge is 0.494 e. The number of hydrogen-bond donors (Lipinski definition) is 0. The maximum absolute atomic E-state index is 12.5. The molecule has 2 radical (unpaired) electrons. The Bertz CT molecular complexity index is 242. The molecule has 0 bridgehead atoms. The van der Waals surface area contributed by atoms with Crippen LogP contribution in [-0.4, -0.2) is 19.9 Å². The molecule has 1 aromatic rings. The number of pyridine rings is 1. The van der Waals surface area contributed by atoms with Crippen LogP contribution in [0.4, 0.5) is 4.39 Å². The summed E-state index contributed by atoms with van der Waals surface area (Å²) in [4.78, 5) is 3.51. The van der Waals surface area contributed by atoms with Gasteiger partial charge in [-0.2, -0.15) is 0 Å². The number of halogens is 1. The fraction of sp³-hybridized carbons (Fsp3) is 0.375. The normalized spacial score (nSPS) is 8.33. The summed E-state index contributed by atoms with van der Waals surface area (Å²) < 4.78 is 17.2. The molecule has 0 aliphatic carbocycles. The molecule has 1 aromatic heterocycles. The quantitative estimate of drug-likeness (QED) is 0.583. The average molecular weight is 167 g/mol. The molecule has 1 rings (SSSR count). The molecular formula is C8H11BFNO. The lowest BCUT2D eigenvalue weighted by molar-refractivity contribution is 0.386. The molecule has 0 aliphatic rings. The molecule has 64 valence electrons. The lowest BCUT2D eigenvalue weighted by atomic mass is 10.0. The second-order valence-corrected chi connectivity index (χ2v) is 1.74. The second kappa shape index (κ2) is 5.58. The SMILES string of the molecule is CC.[B]c1cc(OC)c(F)cn1. The maximum atomic E-state index is 12.5. The van der Waals surface area contributed by atoms with Gasteiger partial charge in [-0.25, -0.2) is 4.39 Å². The van der Waals surface area contributed by atoms with Crippen LogP contribution < -0.4 is 10.3 Å². The minimum Gasteiger partial charge on any atom is -0.494 e. The van der Waals surface area contributed by atoms with Crippen molar-refractivity contribution in [3.05, 3.63) is 18.1 Å². The zero-order valence-electron chi connectivity index (χ0n) is 7.47. The van der Waals surface area contributed by atoms with E-state index in [9.17, 15) is 4.39 Å². The first-order valence-electron chi connectivity index (χ1n) is 3.69. The van der Waals surface area contributed by atoms with E-state index >= 15 is 0 Å². The van der Waals surface area contributed by atoms with E-state index in [-0.39, 0.29) is 11.3 Å². The Morgan fingerprint density at radius 3 is 2.50 bits per heavy atom. The minimum atomic E-state index is -0.503. The van der Waals surface area contributed by atoms with Crippen molar-refractivity contribution in [2.45, 2.75) is 13.8 Å². The zero-order valence-corrected chi connectivity index (χ0v) is 7.47. The van der Waals surface area contributed by atoms with Gasteiger partial charge in [0.25, 0.3) is 0 Å². The van der Waals surface area contributed by atoms with E-state index < -0.39 is 5.82 Å². The van der Waals surface area contributed by atoms with E-state index in [1.54, 1.807) is 0 Å². The van der Waals surface area contributed by atoms with E-state index in [2.05, 4.69) is 9.72 Å². The number of aromatic nitrogens is 1. The van der Waals surface area contributed by atoms with Crippen molar-refractivity contribution < 1.29 is 9.13 Å². The summed E-state index contributed by atoms with van der Waals surface area (Å²) in [6.45, 7) is 4.00. The molecule has 0 aromatic carbocycles. The lowest BCUT2D eigenvalue weighted by Crippen LogP contribution is -2.08. The first-order valence-corrected chi connectivity index (χ1v) is 3.69. The van der Waals surface area contributed by atoms with Crippen molar-refractivity contribution in [2.24, 2.45) is 0 Å². The van der Waals surface area contributed by atoms with Crippen molar-refractivity contribution >= 4 is 13.4 Å². The number of ether oxygens (including phenoxy) is 1. The molecule has 12 heavy (non-hydrogen) atoms. The first-order chi connectivity index (χ1) is 5.74. The molecular weight excluding hydrogens is 156 g/mol. The zero-order chi connectivity index (χ0) is 9.56. The van der Waals surface area contributed by atoms with Crippen LogP contribution in [0.3, 0.4) is 0 Å². The van der Waals surface area contributed by atoms with Gasteiger partial charge in [-0.15, -0.1) is 0 Å². The van der Waals surface area contributed by atoms with Crippen molar-refractivity contribution in [3.63, 3.8) is 0 Å². The number of nitrogens with zero attached hydrogens (tertiary/aromatic N) is 1. The summed E-state index contributed by atoms with van der Waals surface area (Å²) in [5.41, 5.74) is 0.248. The smallest absolute Gasteiger partial charge is 0.183 e. The predicted octanol–water partition coefficient (Wildman–Crippen LogP) is 1.05. The summed E-state index contributed by atoms with van der Waals surface area (Å²) in [5, 5.41) is 0. The third kappa shape index (κ3) is 2.90. The third-order valence-electron chi connectivity index (χ3n) is 1.06. The van der Waals surface area contributed by atoms with Gasteiger partial charge in [0.2, 0.25) is 0 Å². The highest BCUT2D eigenvalue weighted by Gasteiger charge is 2.00. The average Bonchev–Trinajstić information content (AvgIpc) is 2.13. The van der Waals surface area contributed by atoms with Crippen molar-refractivity contribution in [1.29, 1.82) is 0 Å². The molecule has 2 nitrogen and oxygen atoms in total. The second-order valence-electron chi connectivity index (χ2n) is 1.74. The van der Waals surface area contributed by atoms with Gasteiger partial charge in [0.15, 0.2) is 11.6 Å². The topological polar surface area (TPSA) is 22.1 Å². The summed E-state index contributed by atoms with van der Waals surface area (Å²) in [5.74, 6) is -0.385. The Morgan fingerprint density at radius 1 is 1.50 bits per heavy atom. The molecule has 0 amide bonds. The monoisotopic (exact) mass is 167 g/mol. The molecule has 4 heteroatoms. The molecule has 0 N–H and O–H groups in total. The van der Waals surface area contributed by atoms with E-state index in [4.69, 9.17) is 7.85 Å². The van der Waals surface area contributed by atoms with E-state index in [0.717, 1.165) is 6.20 Å². The maximum Gasteiger partial charge on any atom is 0.183 e.